The predicted octanol–water partition coefficient (Wildman–Crippen LogP) is 2.58. The van der Waals surface area contributed by atoms with Gasteiger partial charge < -0.3 is 54.3 Å². The van der Waals surface area contributed by atoms with Gasteiger partial charge in [0.1, 0.15) is 75.7 Å². The van der Waals surface area contributed by atoms with E-state index < -0.39 is 35.8 Å². The van der Waals surface area contributed by atoms with Crippen molar-refractivity contribution in [3.05, 3.63) is 37.2 Å². The molecule has 3 N–H and O–H groups in total. The second kappa shape index (κ2) is 25.8. The Balaban J connectivity index is 0.000000276. The highest BCUT2D eigenvalue weighted by Gasteiger charge is 2.35. The van der Waals surface area contributed by atoms with E-state index in [1.807, 2.05) is 36.0 Å². The van der Waals surface area contributed by atoms with Crippen molar-refractivity contribution in [3.63, 3.8) is 0 Å². The number of likely N-dealkylation sites (N-methyl/N-ethyl adjacent to an activating group) is 2. The van der Waals surface area contributed by atoms with Crippen molar-refractivity contribution in [1.29, 1.82) is 10.5 Å². The smallest absolute Gasteiger partial charge is 0.419 e. The summed E-state index contributed by atoms with van der Waals surface area (Å²) in [7, 11) is 3.77. The molecule has 2 aliphatic heterocycles. The van der Waals surface area contributed by atoms with Gasteiger partial charge in [0.15, 0.2) is 11.3 Å². The number of nitrogens with two attached hydrogens (primary N) is 1. The Morgan fingerprint density at radius 1 is 0.699 bits per heavy atom. The molecule has 6 heterocycles. The van der Waals surface area contributed by atoms with Crippen LogP contribution in [-0.4, -0.2) is 178 Å². The van der Waals surface area contributed by atoms with E-state index in [1.165, 1.54) is 34.2 Å². The molecule has 0 aliphatic carbocycles. The van der Waals surface area contributed by atoms with Crippen LogP contribution in [0.2, 0.25) is 0 Å². The highest BCUT2D eigenvalue weighted by Crippen LogP contribution is 2.31. The summed E-state index contributed by atoms with van der Waals surface area (Å²) in [4.78, 5) is 109. The minimum absolute atomic E-state index is 0.0213. The quantitative estimate of drug-likeness (QED) is 0.0981. The summed E-state index contributed by atoms with van der Waals surface area (Å²) < 4.78 is 27.7. The molecule has 4 atom stereocenters. The summed E-state index contributed by atoms with van der Waals surface area (Å²) in [6, 6.07) is 7.18. The number of aromatic nitrogens is 6. The van der Waals surface area contributed by atoms with Crippen molar-refractivity contribution in [3.8, 4) is 12.1 Å². The molecular formula is C47H62N14O12. The molecule has 26 heteroatoms. The maximum absolute atomic E-state index is 12.7. The fourth-order valence-corrected chi connectivity index (χ4v) is 8.24. The number of fused-ring (bicyclic) bond motifs is 2. The van der Waals surface area contributed by atoms with E-state index in [0.717, 1.165) is 12.8 Å². The van der Waals surface area contributed by atoms with E-state index in [1.54, 1.807) is 42.7 Å². The van der Waals surface area contributed by atoms with E-state index in [4.69, 9.17) is 39.9 Å². The summed E-state index contributed by atoms with van der Waals surface area (Å²) >= 11 is 0. The summed E-state index contributed by atoms with van der Waals surface area (Å²) in [5.74, 6) is 0.0939. The number of ether oxygens (including phenoxy) is 5. The number of hydrogen-bond donors (Lipinski definition) is 2. The van der Waals surface area contributed by atoms with Crippen LogP contribution in [0.15, 0.2) is 37.2 Å². The van der Waals surface area contributed by atoms with Crippen molar-refractivity contribution in [2.75, 3.05) is 89.6 Å². The molecule has 2 saturated heterocycles. The Morgan fingerprint density at radius 3 is 1.53 bits per heavy atom. The van der Waals surface area contributed by atoms with Gasteiger partial charge in [0.2, 0.25) is 11.8 Å². The van der Waals surface area contributed by atoms with Crippen LogP contribution >= 0.6 is 0 Å². The number of carbonyl (C=O) groups excluding carboxylic acids is 7. The van der Waals surface area contributed by atoms with Gasteiger partial charge >= 0.3 is 30.2 Å². The van der Waals surface area contributed by atoms with Crippen LogP contribution in [0.3, 0.4) is 0 Å². The Bertz CT molecular complexity index is 2710. The first-order chi connectivity index (χ1) is 34.8. The summed E-state index contributed by atoms with van der Waals surface area (Å²) in [5, 5.41) is 21.3. The van der Waals surface area contributed by atoms with Crippen molar-refractivity contribution in [1.82, 2.24) is 44.2 Å². The number of carbonyl (C=O) groups is 7. The van der Waals surface area contributed by atoms with E-state index in [2.05, 4.69) is 39.1 Å². The molecule has 4 aromatic rings. The molecule has 0 bridgehead atoms. The molecule has 392 valence electrons. The molecule has 2 fully saturated rings. The van der Waals surface area contributed by atoms with Gasteiger partial charge in [0.25, 0.3) is 0 Å². The van der Waals surface area contributed by atoms with Crippen LogP contribution in [0.25, 0.3) is 22.1 Å². The zero-order valence-corrected chi connectivity index (χ0v) is 42.0. The lowest BCUT2D eigenvalue weighted by molar-refractivity contribution is -0.144. The molecule has 6 rings (SSSR count). The van der Waals surface area contributed by atoms with Gasteiger partial charge in [0, 0.05) is 52.7 Å². The van der Waals surface area contributed by atoms with E-state index in [9.17, 15) is 33.6 Å². The predicted molar refractivity (Wildman–Crippen MR) is 259 cm³/mol. The molecule has 4 aromatic heterocycles. The van der Waals surface area contributed by atoms with Crippen LogP contribution < -0.4 is 20.9 Å². The first-order valence-electron chi connectivity index (χ1n) is 23.5. The molecule has 73 heavy (non-hydrogen) atoms. The Morgan fingerprint density at radius 2 is 1.12 bits per heavy atom. The normalized spacial score (nSPS) is 17.5. The van der Waals surface area contributed by atoms with Crippen molar-refractivity contribution >= 4 is 75.7 Å². The van der Waals surface area contributed by atoms with Gasteiger partial charge in [-0.05, 0) is 57.6 Å². The molecule has 3 amide bonds. The number of piperidine rings is 2. The van der Waals surface area contributed by atoms with Crippen molar-refractivity contribution in [2.45, 2.75) is 78.0 Å². The molecular weight excluding hydrogens is 953 g/mol. The third-order valence-electron chi connectivity index (χ3n) is 12.1. The largest absolute Gasteiger partial charge is 0.461 e. The average Bonchev–Trinajstić information content (AvgIpc) is 4.01. The number of nitriles is 2. The Labute approximate surface area is 421 Å². The van der Waals surface area contributed by atoms with Crippen molar-refractivity contribution in [2.24, 2.45) is 17.6 Å². The number of nitrogens with zero attached hydrogens (tertiary/aromatic N) is 12. The fourth-order valence-electron chi connectivity index (χ4n) is 8.24. The number of hydrogen-bond acceptors (Lipinski definition) is 21. The number of anilines is 2. The van der Waals surface area contributed by atoms with Crippen LogP contribution in [0.4, 0.5) is 26.0 Å². The SMILES string of the molecule is C[C@@H]1CCN(C(=O)CC#N)C[C@@H]1N(C)c1ncnc2c1ccn2C(=O)OCCOC(=O)CN.C[C@@H]1CCN(C(=O)CC#N)C[C@@H]1N(C)c1ncnc2c1ccn2C(=O)OCCOC(=O)CNC(=O)OC(C)(C)C. The van der Waals surface area contributed by atoms with Crippen LogP contribution in [0.1, 0.15) is 60.3 Å². The highest BCUT2D eigenvalue weighted by molar-refractivity contribution is 5.94. The zero-order chi connectivity index (χ0) is 53.4. The number of amides is 3. The number of nitrogens with one attached hydrogen (secondary N) is 1. The number of rotatable bonds is 15. The highest BCUT2D eigenvalue weighted by atomic mass is 16.6. The lowest BCUT2D eigenvalue weighted by atomic mass is 9.92. The molecule has 0 spiro atoms. The van der Waals surface area contributed by atoms with Crippen LogP contribution in [0.5, 0.6) is 0 Å². The summed E-state index contributed by atoms with van der Waals surface area (Å²) in [6.07, 6.45) is 4.94. The summed E-state index contributed by atoms with van der Waals surface area (Å²) in [6.45, 7) is 10.2. The topological polar surface area (TPSA) is 326 Å². The molecule has 0 radical (unpaired) electrons. The molecule has 2 aliphatic rings. The number of likely N-dealkylation sites (tertiary alicyclic amines) is 2. The van der Waals surface area contributed by atoms with Gasteiger partial charge in [-0.1, -0.05) is 13.8 Å². The maximum Gasteiger partial charge on any atom is 0.419 e. The molecule has 0 unspecified atom stereocenters. The number of esters is 2. The Kier molecular flexibility index (Phi) is 19.7. The second-order valence-electron chi connectivity index (χ2n) is 18.2. The molecule has 0 aromatic carbocycles. The minimum atomic E-state index is -0.745. The fraction of sp³-hybridized carbons (Fsp3) is 0.553. The first-order valence-corrected chi connectivity index (χ1v) is 23.5. The van der Waals surface area contributed by atoms with Crippen LogP contribution in [-0.2, 0) is 42.9 Å². The van der Waals surface area contributed by atoms with E-state index >= 15 is 0 Å². The monoisotopic (exact) mass is 1010 g/mol. The van der Waals surface area contributed by atoms with Gasteiger partial charge in [0.05, 0.1) is 41.5 Å². The minimum Gasteiger partial charge on any atom is -0.461 e. The third kappa shape index (κ3) is 15.0. The first kappa shape index (κ1) is 55.8. The summed E-state index contributed by atoms with van der Waals surface area (Å²) in [5.41, 5.74) is 5.17. The average molecular weight is 1020 g/mol. The molecule has 26 nitrogen and oxygen atoms in total. The van der Waals surface area contributed by atoms with Gasteiger partial charge in [-0.25, -0.2) is 43.5 Å². The third-order valence-corrected chi connectivity index (χ3v) is 12.1. The van der Waals surface area contributed by atoms with Gasteiger partial charge in [-0.2, -0.15) is 10.5 Å². The molecule has 0 saturated carbocycles. The number of alkyl carbamates (subject to hydrolysis) is 1. The lowest BCUT2D eigenvalue weighted by Crippen LogP contribution is -2.52. The van der Waals surface area contributed by atoms with E-state index in [0.29, 0.717) is 59.9 Å². The second-order valence-corrected chi connectivity index (χ2v) is 18.2. The van der Waals surface area contributed by atoms with Gasteiger partial charge in [-0.3, -0.25) is 19.2 Å². The Hall–Kier alpha value is -8.13. The lowest BCUT2D eigenvalue weighted by Gasteiger charge is -2.42. The van der Waals surface area contributed by atoms with Crippen LogP contribution in [0, 0.1) is 34.5 Å². The van der Waals surface area contributed by atoms with Gasteiger partial charge in [-0.15, -0.1) is 0 Å². The maximum atomic E-state index is 12.7. The zero-order valence-electron chi connectivity index (χ0n) is 42.0. The van der Waals surface area contributed by atoms with E-state index in [-0.39, 0.29) is 88.1 Å². The van der Waals surface area contributed by atoms with Crippen molar-refractivity contribution < 1.29 is 57.2 Å². The standard InChI is InChI=1S/C26H35N7O7.C21H27N7O5/c1-17-7-10-32(20(34)6-9-27)15-19(17)31(5)22-18-8-11-33(23(18)30-16-29-22)25(37)39-13-12-38-21(35)14-28-24(36)40-26(2,3)4;1-14-4-7-27(17(29)3-6-22)12-16(14)26(2)19-15-5-8-28(20(15)25-13-24-19)21(31)33-10-9-32-18(30)11-23/h8,11,16-17,19H,6-7,10,12-15H2,1-5H3,(H,28,36);5,8,13-14,16H,3-4,7,9-12,23H2,1-2H3/t17-,19+;14-,16+/m11/s1.